The molecule has 0 aromatic carbocycles. The Morgan fingerprint density at radius 3 is 2.86 bits per heavy atom. The molecule has 3 N–H and O–H groups in total. The van der Waals surface area contributed by atoms with E-state index in [1.807, 2.05) is 19.3 Å². The van der Waals surface area contributed by atoms with Crippen molar-refractivity contribution >= 4 is 28.2 Å². The fourth-order valence-electron chi connectivity index (χ4n) is 2.96. The van der Waals surface area contributed by atoms with Gasteiger partial charge in [-0.1, -0.05) is 6.92 Å². The van der Waals surface area contributed by atoms with Crippen LogP contribution in [0.3, 0.4) is 0 Å². The number of aromatic nitrogens is 1. The fraction of sp³-hybridized carbons (Fsp3) is 0.375. The molecule has 0 aliphatic heterocycles. The van der Waals surface area contributed by atoms with Crippen LogP contribution in [0, 0.1) is 5.92 Å². The van der Waals surface area contributed by atoms with E-state index in [0.29, 0.717) is 22.2 Å². The molecule has 1 atom stereocenters. The SMILES string of the molecule is C[C@@H]1CCc2c(sc(NC(=O)c3cccn3C)c2C(N)=O)C1. The molecule has 0 spiro atoms. The summed E-state index contributed by atoms with van der Waals surface area (Å²) in [5, 5.41) is 3.45. The van der Waals surface area contributed by atoms with Crippen molar-refractivity contribution in [1.29, 1.82) is 0 Å². The van der Waals surface area contributed by atoms with Gasteiger partial charge in [0.25, 0.3) is 11.8 Å². The molecule has 0 radical (unpaired) electrons. The molecule has 1 aliphatic rings. The van der Waals surface area contributed by atoms with Crippen LogP contribution in [0.1, 0.15) is 44.6 Å². The Balaban J connectivity index is 1.95. The Bertz CT molecular complexity index is 745. The first-order valence-corrected chi connectivity index (χ1v) is 8.16. The molecular formula is C16H19N3O2S. The molecule has 1 aliphatic carbocycles. The molecule has 0 bridgehead atoms. The van der Waals surface area contributed by atoms with Gasteiger partial charge < -0.3 is 15.6 Å². The maximum atomic E-state index is 12.4. The van der Waals surface area contributed by atoms with Crippen LogP contribution < -0.4 is 11.1 Å². The van der Waals surface area contributed by atoms with E-state index in [1.54, 1.807) is 10.6 Å². The quantitative estimate of drug-likeness (QED) is 0.912. The van der Waals surface area contributed by atoms with Crippen LogP contribution in [0.2, 0.25) is 0 Å². The van der Waals surface area contributed by atoms with Crippen molar-refractivity contribution in [1.82, 2.24) is 4.57 Å². The minimum atomic E-state index is -0.464. The van der Waals surface area contributed by atoms with Gasteiger partial charge in [0.05, 0.1) is 5.56 Å². The lowest BCUT2D eigenvalue weighted by Gasteiger charge is -2.18. The first-order valence-electron chi connectivity index (χ1n) is 7.34. The first-order chi connectivity index (χ1) is 10.5. The third kappa shape index (κ3) is 2.54. The largest absolute Gasteiger partial charge is 0.365 e. The average molecular weight is 317 g/mol. The lowest BCUT2D eigenvalue weighted by atomic mass is 9.88. The van der Waals surface area contributed by atoms with E-state index in [2.05, 4.69) is 12.2 Å². The summed E-state index contributed by atoms with van der Waals surface area (Å²) >= 11 is 1.48. The summed E-state index contributed by atoms with van der Waals surface area (Å²) in [6.07, 6.45) is 4.66. The topological polar surface area (TPSA) is 77.1 Å². The molecule has 6 heteroatoms. The second kappa shape index (κ2) is 5.61. The maximum absolute atomic E-state index is 12.4. The Hall–Kier alpha value is -2.08. The molecule has 0 unspecified atom stereocenters. The third-order valence-electron chi connectivity index (χ3n) is 4.16. The van der Waals surface area contributed by atoms with E-state index < -0.39 is 5.91 Å². The van der Waals surface area contributed by atoms with E-state index in [4.69, 9.17) is 5.73 Å². The number of carbonyl (C=O) groups excluding carboxylic acids is 2. The molecule has 2 aromatic rings. The summed E-state index contributed by atoms with van der Waals surface area (Å²) in [6.45, 7) is 2.20. The Labute approximate surface area is 133 Å². The third-order valence-corrected chi connectivity index (χ3v) is 5.33. The van der Waals surface area contributed by atoms with Crippen LogP contribution in [-0.4, -0.2) is 16.4 Å². The predicted molar refractivity (Wildman–Crippen MR) is 87.4 cm³/mol. The fourth-order valence-corrected chi connectivity index (χ4v) is 4.37. The number of fused-ring (bicyclic) bond motifs is 1. The average Bonchev–Trinajstić information content (AvgIpc) is 3.01. The van der Waals surface area contributed by atoms with Crippen molar-refractivity contribution < 1.29 is 9.59 Å². The van der Waals surface area contributed by atoms with Gasteiger partial charge in [-0.3, -0.25) is 9.59 Å². The molecule has 0 saturated carbocycles. The highest BCUT2D eigenvalue weighted by Crippen LogP contribution is 2.39. The number of nitrogens with two attached hydrogens (primary N) is 1. The number of primary amides is 1. The first kappa shape index (κ1) is 14.8. The van der Waals surface area contributed by atoms with E-state index in [9.17, 15) is 9.59 Å². The smallest absolute Gasteiger partial charge is 0.272 e. The second-order valence-corrected chi connectivity index (χ2v) is 6.98. The van der Waals surface area contributed by atoms with Gasteiger partial charge in [-0.25, -0.2) is 0 Å². The number of carbonyl (C=O) groups is 2. The second-order valence-electron chi connectivity index (χ2n) is 5.88. The van der Waals surface area contributed by atoms with E-state index in [-0.39, 0.29) is 5.91 Å². The summed E-state index contributed by atoms with van der Waals surface area (Å²) < 4.78 is 1.74. The number of hydrogen-bond donors (Lipinski definition) is 2. The maximum Gasteiger partial charge on any atom is 0.272 e. The van der Waals surface area contributed by atoms with Crippen molar-refractivity contribution in [2.24, 2.45) is 18.7 Å². The number of hydrogen-bond acceptors (Lipinski definition) is 3. The minimum Gasteiger partial charge on any atom is -0.365 e. The van der Waals surface area contributed by atoms with Gasteiger partial charge in [0.15, 0.2) is 0 Å². The van der Waals surface area contributed by atoms with Gasteiger partial charge in [-0.15, -0.1) is 11.3 Å². The summed E-state index contributed by atoms with van der Waals surface area (Å²) in [4.78, 5) is 25.4. The molecular weight excluding hydrogens is 298 g/mol. The number of aryl methyl sites for hydroxylation is 1. The molecule has 22 heavy (non-hydrogen) atoms. The Morgan fingerprint density at radius 2 is 2.23 bits per heavy atom. The van der Waals surface area contributed by atoms with Crippen LogP contribution in [0.15, 0.2) is 18.3 Å². The number of rotatable bonds is 3. The number of anilines is 1. The number of nitrogens with one attached hydrogen (secondary N) is 1. The summed E-state index contributed by atoms with van der Waals surface area (Å²) in [6, 6.07) is 3.56. The minimum absolute atomic E-state index is 0.221. The van der Waals surface area contributed by atoms with Gasteiger partial charge >= 0.3 is 0 Å². The molecule has 5 nitrogen and oxygen atoms in total. The summed E-state index contributed by atoms with van der Waals surface area (Å²) in [5.74, 6) is -0.0841. The molecule has 0 fully saturated rings. The lowest BCUT2D eigenvalue weighted by Crippen LogP contribution is -2.20. The van der Waals surface area contributed by atoms with Gasteiger partial charge in [0.1, 0.15) is 10.7 Å². The predicted octanol–water partition coefficient (Wildman–Crippen LogP) is 2.56. The Kier molecular flexibility index (Phi) is 3.78. The Morgan fingerprint density at radius 1 is 1.45 bits per heavy atom. The van der Waals surface area contributed by atoms with Gasteiger partial charge in [0.2, 0.25) is 0 Å². The monoisotopic (exact) mass is 317 g/mol. The van der Waals surface area contributed by atoms with E-state index >= 15 is 0 Å². The molecule has 2 heterocycles. The highest BCUT2D eigenvalue weighted by Gasteiger charge is 2.27. The van der Waals surface area contributed by atoms with Crippen molar-refractivity contribution in [2.45, 2.75) is 26.2 Å². The molecule has 3 rings (SSSR count). The van der Waals surface area contributed by atoms with Crippen LogP contribution in [0.25, 0.3) is 0 Å². The van der Waals surface area contributed by atoms with E-state index in [1.165, 1.54) is 16.2 Å². The van der Waals surface area contributed by atoms with Gasteiger partial charge in [-0.05, 0) is 42.9 Å². The van der Waals surface area contributed by atoms with Crippen LogP contribution in [-0.2, 0) is 19.9 Å². The number of amides is 2. The zero-order valence-corrected chi connectivity index (χ0v) is 13.5. The lowest BCUT2D eigenvalue weighted by molar-refractivity contribution is 0.1000. The molecule has 0 saturated heterocycles. The van der Waals surface area contributed by atoms with Crippen LogP contribution in [0.4, 0.5) is 5.00 Å². The van der Waals surface area contributed by atoms with Gasteiger partial charge in [-0.2, -0.15) is 0 Å². The summed E-state index contributed by atoms with van der Waals surface area (Å²) in [7, 11) is 1.81. The zero-order valence-electron chi connectivity index (χ0n) is 12.7. The van der Waals surface area contributed by atoms with Gasteiger partial charge in [0, 0.05) is 18.1 Å². The normalized spacial score (nSPS) is 17.1. The molecule has 116 valence electrons. The van der Waals surface area contributed by atoms with Crippen molar-refractivity contribution in [3.8, 4) is 0 Å². The summed E-state index contributed by atoms with van der Waals surface area (Å²) in [5.41, 5.74) is 7.62. The standard InChI is InChI=1S/C16H19N3O2S/c1-9-5-6-10-12(8-9)22-16(13(10)14(17)20)18-15(21)11-4-3-7-19(11)2/h3-4,7,9H,5-6,8H2,1-2H3,(H2,17,20)(H,18,21)/t9-/m1/s1. The van der Waals surface area contributed by atoms with Crippen LogP contribution in [0.5, 0.6) is 0 Å². The number of nitrogens with zero attached hydrogens (tertiary/aromatic N) is 1. The van der Waals surface area contributed by atoms with E-state index in [0.717, 1.165) is 24.8 Å². The molecule has 2 aromatic heterocycles. The van der Waals surface area contributed by atoms with Crippen molar-refractivity contribution in [3.05, 3.63) is 40.0 Å². The van der Waals surface area contributed by atoms with Crippen molar-refractivity contribution in [3.63, 3.8) is 0 Å². The van der Waals surface area contributed by atoms with Crippen molar-refractivity contribution in [2.75, 3.05) is 5.32 Å². The van der Waals surface area contributed by atoms with Crippen LogP contribution >= 0.6 is 11.3 Å². The zero-order chi connectivity index (χ0) is 15.9. The highest BCUT2D eigenvalue weighted by atomic mass is 32.1. The number of thiophene rings is 1. The molecule has 2 amide bonds. The highest BCUT2D eigenvalue weighted by molar-refractivity contribution is 7.17.